The van der Waals surface area contributed by atoms with Gasteiger partial charge in [0.2, 0.25) is 0 Å². The highest BCUT2D eigenvalue weighted by Crippen LogP contribution is 2.14. The maximum Gasteiger partial charge on any atom is 0.253 e. The van der Waals surface area contributed by atoms with E-state index in [1.165, 1.54) is 0 Å². The lowest BCUT2D eigenvalue weighted by Crippen LogP contribution is -2.18. The summed E-state index contributed by atoms with van der Waals surface area (Å²) < 4.78 is 0. The van der Waals surface area contributed by atoms with Gasteiger partial charge in [0.15, 0.2) is 0 Å². The van der Waals surface area contributed by atoms with Crippen LogP contribution in [0.15, 0.2) is 23.3 Å². The third-order valence-electron chi connectivity index (χ3n) is 3.22. The molecule has 2 aromatic heterocycles. The summed E-state index contributed by atoms with van der Waals surface area (Å²) in [6.45, 7) is 8.45. The average molecular weight is 272 g/mol. The summed E-state index contributed by atoms with van der Waals surface area (Å²) in [6, 6.07) is 3.89. The molecule has 0 saturated carbocycles. The number of nitrogens with one attached hydrogen (secondary N) is 2. The standard InChI is InChI=1S/C15H20N4O/c1-9(2)13-6-14(18-8-17-13)16-7-12-10(3)5-11(4)19-15(12)20/h5-6,8-9H,7H2,1-4H3,(H,19,20)(H,16,17,18). The molecule has 0 bridgehead atoms. The maximum absolute atomic E-state index is 11.9. The minimum Gasteiger partial charge on any atom is -0.366 e. The van der Waals surface area contributed by atoms with E-state index >= 15 is 0 Å². The van der Waals surface area contributed by atoms with Gasteiger partial charge in [0.05, 0.1) is 0 Å². The molecule has 0 aliphatic carbocycles. The molecule has 0 atom stereocenters. The molecule has 2 aromatic rings. The van der Waals surface area contributed by atoms with Crippen LogP contribution in [0.4, 0.5) is 5.82 Å². The van der Waals surface area contributed by atoms with Gasteiger partial charge in [-0.2, -0.15) is 0 Å². The molecule has 0 spiro atoms. The van der Waals surface area contributed by atoms with E-state index in [4.69, 9.17) is 0 Å². The number of aromatic nitrogens is 3. The van der Waals surface area contributed by atoms with Crippen molar-refractivity contribution < 1.29 is 0 Å². The number of aromatic amines is 1. The van der Waals surface area contributed by atoms with Gasteiger partial charge in [-0.1, -0.05) is 13.8 Å². The third kappa shape index (κ3) is 3.23. The Balaban J connectivity index is 2.17. The van der Waals surface area contributed by atoms with Gasteiger partial charge in [-0.15, -0.1) is 0 Å². The van der Waals surface area contributed by atoms with Gasteiger partial charge in [-0.25, -0.2) is 9.97 Å². The van der Waals surface area contributed by atoms with E-state index < -0.39 is 0 Å². The lowest BCUT2D eigenvalue weighted by molar-refractivity contribution is 0.813. The summed E-state index contributed by atoms with van der Waals surface area (Å²) in [5.74, 6) is 1.09. The zero-order valence-electron chi connectivity index (χ0n) is 12.3. The summed E-state index contributed by atoms with van der Waals surface area (Å²) >= 11 is 0. The second-order valence-corrected chi connectivity index (χ2v) is 5.28. The largest absolute Gasteiger partial charge is 0.366 e. The topological polar surface area (TPSA) is 70.7 Å². The molecule has 0 aliphatic rings. The molecule has 2 N–H and O–H groups in total. The summed E-state index contributed by atoms with van der Waals surface area (Å²) in [6.07, 6.45) is 1.55. The van der Waals surface area contributed by atoms with Gasteiger partial charge in [0, 0.05) is 29.6 Å². The van der Waals surface area contributed by atoms with E-state index in [0.717, 1.165) is 28.3 Å². The van der Waals surface area contributed by atoms with Crippen LogP contribution in [0, 0.1) is 13.8 Å². The molecule has 2 heterocycles. The van der Waals surface area contributed by atoms with Gasteiger partial charge in [0.1, 0.15) is 12.1 Å². The highest BCUT2D eigenvalue weighted by molar-refractivity contribution is 5.38. The highest BCUT2D eigenvalue weighted by Gasteiger charge is 2.07. The van der Waals surface area contributed by atoms with Crippen molar-refractivity contribution >= 4 is 5.82 Å². The molecular weight excluding hydrogens is 252 g/mol. The van der Waals surface area contributed by atoms with Gasteiger partial charge in [-0.3, -0.25) is 4.79 Å². The molecule has 2 rings (SSSR count). The highest BCUT2D eigenvalue weighted by atomic mass is 16.1. The summed E-state index contributed by atoms with van der Waals surface area (Å²) in [5, 5.41) is 3.19. The number of anilines is 1. The van der Waals surface area contributed by atoms with E-state index in [0.29, 0.717) is 12.5 Å². The predicted molar refractivity (Wildman–Crippen MR) is 80.0 cm³/mol. The van der Waals surface area contributed by atoms with E-state index in [9.17, 15) is 4.79 Å². The van der Waals surface area contributed by atoms with Crippen LogP contribution in [-0.4, -0.2) is 15.0 Å². The molecular formula is C15H20N4O. The quantitative estimate of drug-likeness (QED) is 0.897. The summed E-state index contributed by atoms with van der Waals surface area (Å²) in [7, 11) is 0. The Morgan fingerprint density at radius 3 is 2.65 bits per heavy atom. The van der Waals surface area contributed by atoms with Crippen LogP contribution >= 0.6 is 0 Å². The lowest BCUT2D eigenvalue weighted by Gasteiger charge is -2.10. The Labute approximate surface area is 118 Å². The minimum atomic E-state index is -0.0480. The van der Waals surface area contributed by atoms with E-state index in [1.807, 2.05) is 26.0 Å². The number of aryl methyl sites for hydroxylation is 2. The first kappa shape index (κ1) is 14.2. The van der Waals surface area contributed by atoms with Crippen molar-refractivity contribution in [2.45, 2.75) is 40.2 Å². The monoisotopic (exact) mass is 272 g/mol. The van der Waals surface area contributed by atoms with Crippen molar-refractivity contribution in [2.75, 3.05) is 5.32 Å². The SMILES string of the molecule is Cc1cc(C)c(CNc2cc(C(C)C)ncn2)c(=O)[nH]1. The Morgan fingerprint density at radius 1 is 1.25 bits per heavy atom. The smallest absolute Gasteiger partial charge is 0.253 e. The Kier molecular flexibility index (Phi) is 4.17. The lowest BCUT2D eigenvalue weighted by atomic mass is 10.1. The van der Waals surface area contributed by atoms with Crippen LogP contribution in [0.3, 0.4) is 0 Å². The minimum absolute atomic E-state index is 0.0480. The molecule has 20 heavy (non-hydrogen) atoms. The molecule has 0 aliphatic heterocycles. The number of hydrogen-bond acceptors (Lipinski definition) is 4. The van der Waals surface area contributed by atoms with Crippen molar-refractivity contribution in [3.63, 3.8) is 0 Å². The van der Waals surface area contributed by atoms with Crippen LogP contribution < -0.4 is 10.9 Å². The molecule has 106 valence electrons. The van der Waals surface area contributed by atoms with Gasteiger partial charge in [0.25, 0.3) is 5.56 Å². The Morgan fingerprint density at radius 2 is 2.00 bits per heavy atom. The van der Waals surface area contributed by atoms with Gasteiger partial charge < -0.3 is 10.3 Å². The fraction of sp³-hybridized carbons (Fsp3) is 0.400. The second kappa shape index (κ2) is 5.86. The Bertz CT molecular complexity index is 661. The van der Waals surface area contributed by atoms with Crippen molar-refractivity contribution in [3.8, 4) is 0 Å². The number of hydrogen-bond donors (Lipinski definition) is 2. The van der Waals surface area contributed by atoms with Crippen LogP contribution in [0.25, 0.3) is 0 Å². The molecule has 0 aromatic carbocycles. The first-order valence-corrected chi connectivity index (χ1v) is 6.72. The van der Waals surface area contributed by atoms with Crippen LogP contribution in [-0.2, 0) is 6.54 Å². The molecule has 5 nitrogen and oxygen atoms in total. The number of rotatable bonds is 4. The number of pyridine rings is 1. The van der Waals surface area contributed by atoms with E-state index in [2.05, 4.69) is 34.1 Å². The van der Waals surface area contributed by atoms with Gasteiger partial charge >= 0.3 is 0 Å². The van der Waals surface area contributed by atoms with Crippen LogP contribution in [0.2, 0.25) is 0 Å². The number of H-pyrrole nitrogens is 1. The molecule has 5 heteroatoms. The average Bonchev–Trinajstić information content (AvgIpc) is 2.37. The molecule has 0 unspecified atom stereocenters. The molecule has 0 saturated heterocycles. The summed E-state index contributed by atoms with van der Waals surface area (Å²) in [5.41, 5.74) is 3.53. The van der Waals surface area contributed by atoms with Crippen molar-refractivity contribution in [1.82, 2.24) is 15.0 Å². The fourth-order valence-electron chi connectivity index (χ4n) is 2.06. The van der Waals surface area contributed by atoms with Crippen LogP contribution in [0.5, 0.6) is 0 Å². The number of nitrogens with zero attached hydrogens (tertiary/aromatic N) is 2. The van der Waals surface area contributed by atoms with Crippen LogP contribution in [0.1, 0.15) is 42.3 Å². The molecule has 0 radical (unpaired) electrons. The van der Waals surface area contributed by atoms with Crippen molar-refractivity contribution in [2.24, 2.45) is 0 Å². The molecule has 0 fully saturated rings. The third-order valence-corrected chi connectivity index (χ3v) is 3.22. The zero-order chi connectivity index (χ0) is 14.7. The van der Waals surface area contributed by atoms with Crippen molar-refractivity contribution in [1.29, 1.82) is 0 Å². The zero-order valence-corrected chi connectivity index (χ0v) is 12.3. The van der Waals surface area contributed by atoms with E-state index in [-0.39, 0.29) is 5.56 Å². The van der Waals surface area contributed by atoms with Crippen molar-refractivity contribution in [3.05, 3.63) is 51.3 Å². The Hall–Kier alpha value is -2.17. The van der Waals surface area contributed by atoms with Gasteiger partial charge in [-0.05, 0) is 31.4 Å². The maximum atomic E-state index is 11.9. The first-order chi connectivity index (χ1) is 9.47. The molecule has 0 amide bonds. The van der Waals surface area contributed by atoms with E-state index in [1.54, 1.807) is 6.33 Å². The second-order valence-electron chi connectivity index (χ2n) is 5.28. The summed E-state index contributed by atoms with van der Waals surface area (Å²) in [4.78, 5) is 23.1. The normalized spacial score (nSPS) is 10.8. The fourth-order valence-corrected chi connectivity index (χ4v) is 2.06. The predicted octanol–water partition coefficient (Wildman–Crippen LogP) is 2.52. The first-order valence-electron chi connectivity index (χ1n) is 6.72.